The second-order valence-corrected chi connectivity index (χ2v) is 5.74. The van der Waals surface area contributed by atoms with Crippen LogP contribution in [0, 0.1) is 6.92 Å². The molecule has 128 valence electrons. The first-order chi connectivity index (χ1) is 12.0. The number of carbonyl (C=O) groups is 1. The van der Waals surface area contributed by atoms with Gasteiger partial charge in [0.2, 0.25) is 5.91 Å². The van der Waals surface area contributed by atoms with Crippen LogP contribution in [-0.2, 0) is 11.4 Å². The number of benzene rings is 1. The van der Waals surface area contributed by atoms with Gasteiger partial charge in [0.1, 0.15) is 18.0 Å². The molecule has 0 aliphatic rings. The molecule has 0 unspecified atom stereocenters. The van der Waals surface area contributed by atoms with Crippen molar-refractivity contribution in [2.75, 3.05) is 5.32 Å². The van der Waals surface area contributed by atoms with Crippen LogP contribution in [0.2, 0.25) is 0 Å². The van der Waals surface area contributed by atoms with Gasteiger partial charge >= 0.3 is 0 Å². The maximum atomic E-state index is 12.2. The molecular weight excluding hydrogens is 318 g/mol. The van der Waals surface area contributed by atoms with Gasteiger partial charge in [-0.1, -0.05) is 19.1 Å². The minimum absolute atomic E-state index is 0.0586. The van der Waals surface area contributed by atoms with Gasteiger partial charge in [-0.05, 0) is 30.7 Å². The molecule has 0 spiro atoms. The fourth-order valence-electron chi connectivity index (χ4n) is 2.40. The van der Waals surface area contributed by atoms with Crippen LogP contribution in [0.15, 0.2) is 53.5 Å². The number of hydrogen-bond acceptors (Lipinski definition) is 4. The smallest absolute Gasteiger partial charge is 0.258 e. The van der Waals surface area contributed by atoms with Crippen molar-refractivity contribution in [1.29, 1.82) is 0 Å². The third-order valence-corrected chi connectivity index (χ3v) is 3.69. The summed E-state index contributed by atoms with van der Waals surface area (Å²) in [5.41, 5.74) is 2.66. The highest BCUT2D eigenvalue weighted by Crippen LogP contribution is 2.18. The Hall–Kier alpha value is -3.15. The Morgan fingerprint density at radius 1 is 1.24 bits per heavy atom. The molecule has 0 fully saturated rings. The third-order valence-electron chi connectivity index (χ3n) is 3.69. The number of pyridine rings is 1. The van der Waals surface area contributed by atoms with Gasteiger partial charge in [-0.3, -0.25) is 14.0 Å². The topological polar surface area (TPSA) is 72.7 Å². The molecule has 0 bridgehead atoms. The van der Waals surface area contributed by atoms with E-state index in [9.17, 15) is 9.59 Å². The average molecular weight is 337 g/mol. The summed E-state index contributed by atoms with van der Waals surface area (Å²) in [7, 11) is 0. The number of nitrogens with zero attached hydrogens (tertiary/aromatic N) is 2. The van der Waals surface area contributed by atoms with Gasteiger partial charge in [0.25, 0.3) is 5.56 Å². The van der Waals surface area contributed by atoms with Crippen molar-refractivity contribution >= 4 is 17.2 Å². The lowest BCUT2D eigenvalue weighted by atomic mass is 10.3. The van der Waals surface area contributed by atoms with Crippen LogP contribution in [0.25, 0.3) is 5.65 Å². The Morgan fingerprint density at radius 2 is 2.08 bits per heavy atom. The number of anilines is 1. The zero-order valence-electron chi connectivity index (χ0n) is 14.2. The zero-order valence-corrected chi connectivity index (χ0v) is 14.2. The Morgan fingerprint density at radius 3 is 2.88 bits per heavy atom. The molecule has 0 aliphatic heterocycles. The van der Waals surface area contributed by atoms with Crippen molar-refractivity contribution in [3.63, 3.8) is 0 Å². The molecule has 0 aliphatic carbocycles. The van der Waals surface area contributed by atoms with E-state index >= 15 is 0 Å². The van der Waals surface area contributed by atoms with Crippen LogP contribution < -0.4 is 15.6 Å². The van der Waals surface area contributed by atoms with E-state index in [0.29, 0.717) is 29.2 Å². The van der Waals surface area contributed by atoms with Gasteiger partial charge < -0.3 is 10.1 Å². The molecule has 0 saturated heterocycles. The molecule has 1 aromatic carbocycles. The predicted octanol–water partition coefficient (Wildman–Crippen LogP) is 2.93. The van der Waals surface area contributed by atoms with Gasteiger partial charge in [0, 0.05) is 30.4 Å². The predicted molar refractivity (Wildman–Crippen MR) is 95.9 cm³/mol. The van der Waals surface area contributed by atoms with Crippen molar-refractivity contribution in [3.8, 4) is 5.75 Å². The quantitative estimate of drug-likeness (QED) is 0.777. The Balaban J connectivity index is 1.76. The zero-order chi connectivity index (χ0) is 17.8. The molecule has 25 heavy (non-hydrogen) atoms. The average Bonchev–Trinajstić information content (AvgIpc) is 2.61. The summed E-state index contributed by atoms with van der Waals surface area (Å²) in [5, 5.41) is 2.78. The van der Waals surface area contributed by atoms with Crippen molar-refractivity contribution in [2.24, 2.45) is 0 Å². The van der Waals surface area contributed by atoms with Crippen LogP contribution in [0.3, 0.4) is 0 Å². The van der Waals surface area contributed by atoms with Gasteiger partial charge in [0.05, 0.1) is 5.69 Å². The van der Waals surface area contributed by atoms with Gasteiger partial charge in [-0.2, -0.15) is 0 Å². The number of fused-ring (bicyclic) bond motifs is 1. The molecule has 2 aromatic heterocycles. The summed E-state index contributed by atoms with van der Waals surface area (Å²) in [6.45, 7) is 3.89. The number of ether oxygens (including phenoxy) is 1. The number of carbonyl (C=O) groups excluding carboxylic acids is 1. The summed E-state index contributed by atoms with van der Waals surface area (Å²) >= 11 is 0. The second-order valence-electron chi connectivity index (χ2n) is 5.74. The molecule has 3 aromatic rings. The van der Waals surface area contributed by atoms with Crippen LogP contribution in [-0.4, -0.2) is 15.3 Å². The number of aryl methyl sites for hydroxylation is 1. The molecular formula is C19H19N3O3. The lowest BCUT2D eigenvalue weighted by molar-refractivity contribution is -0.115. The summed E-state index contributed by atoms with van der Waals surface area (Å²) in [4.78, 5) is 28.1. The normalized spacial score (nSPS) is 10.6. The first kappa shape index (κ1) is 16.7. The van der Waals surface area contributed by atoms with Gasteiger partial charge in [0.15, 0.2) is 0 Å². The SMILES string of the molecule is CCC(=O)Nc1cccc(OCc2cc(=O)n3cc(C)ccc3n2)c1. The summed E-state index contributed by atoms with van der Waals surface area (Å²) in [6, 6.07) is 12.3. The minimum atomic E-state index is -0.142. The van der Waals surface area contributed by atoms with E-state index in [0.717, 1.165) is 5.56 Å². The molecule has 2 heterocycles. The van der Waals surface area contributed by atoms with E-state index in [1.54, 1.807) is 43.5 Å². The first-order valence-corrected chi connectivity index (χ1v) is 8.07. The summed E-state index contributed by atoms with van der Waals surface area (Å²) in [6.07, 6.45) is 2.17. The van der Waals surface area contributed by atoms with E-state index < -0.39 is 0 Å². The molecule has 6 heteroatoms. The molecule has 3 rings (SSSR count). The maximum absolute atomic E-state index is 12.2. The summed E-state index contributed by atoms with van der Waals surface area (Å²) < 4.78 is 7.23. The van der Waals surface area contributed by atoms with E-state index in [2.05, 4.69) is 10.3 Å². The number of hydrogen-bond donors (Lipinski definition) is 1. The Kier molecular flexibility index (Phi) is 4.79. The van der Waals surface area contributed by atoms with E-state index in [-0.39, 0.29) is 18.1 Å². The molecule has 0 saturated carbocycles. The molecule has 1 amide bonds. The maximum Gasteiger partial charge on any atom is 0.258 e. The lowest BCUT2D eigenvalue weighted by Crippen LogP contribution is -2.16. The van der Waals surface area contributed by atoms with Crippen LogP contribution >= 0.6 is 0 Å². The standard InChI is InChI=1S/C19H19N3O3/c1-3-18(23)21-14-5-4-6-16(9-14)25-12-15-10-19(24)22-11-13(2)7-8-17(22)20-15/h4-11H,3,12H2,1-2H3,(H,21,23). The molecule has 1 N–H and O–H groups in total. The van der Waals surface area contributed by atoms with Crippen molar-refractivity contribution in [1.82, 2.24) is 9.38 Å². The molecule has 0 radical (unpaired) electrons. The number of rotatable bonds is 5. The van der Waals surface area contributed by atoms with Gasteiger partial charge in [-0.15, -0.1) is 0 Å². The van der Waals surface area contributed by atoms with Crippen molar-refractivity contribution in [2.45, 2.75) is 26.9 Å². The number of nitrogens with one attached hydrogen (secondary N) is 1. The lowest BCUT2D eigenvalue weighted by Gasteiger charge is -2.09. The highest BCUT2D eigenvalue weighted by molar-refractivity contribution is 5.90. The fraction of sp³-hybridized carbons (Fsp3) is 0.211. The fourth-order valence-corrected chi connectivity index (χ4v) is 2.40. The van der Waals surface area contributed by atoms with Crippen molar-refractivity contribution < 1.29 is 9.53 Å². The number of amides is 1. The third kappa shape index (κ3) is 4.03. The number of aromatic nitrogens is 2. The highest BCUT2D eigenvalue weighted by atomic mass is 16.5. The van der Waals surface area contributed by atoms with Crippen LogP contribution in [0.1, 0.15) is 24.6 Å². The van der Waals surface area contributed by atoms with Gasteiger partial charge in [-0.25, -0.2) is 4.98 Å². The van der Waals surface area contributed by atoms with E-state index in [1.807, 2.05) is 13.0 Å². The highest BCUT2D eigenvalue weighted by Gasteiger charge is 2.05. The molecule has 0 atom stereocenters. The first-order valence-electron chi connectivity index (χ1n) is 8.07. The van der Waals surface area contributed by atoms with Crippen LogP contribution in [0.5, 0.6) is 5.75 Å². The monoisotopic (exact) mass is 337 g/mol. The van der Waals surface area contributed by atoms with Crippen molar-refractivity contribution in [3.05, 3.63) is 70.3 Å². The van der Waals surface area contributed by atoms with E-state index in [1.165, 1.54) is 10.5 Å². The Bertz CT molecular complexity index is 979. The van der Waals surface area contributed by atoms with E-state index in [4.69, 9.17) is 4.74 Å². The molecule has 6 nitrogen and oxygen atoms in total. The minimum Gasteiger partial charge on any atom is -0.487 e. The second kappa shape index (κ2) is 7.17. The van der Waals surface area contributed by atoms with Crippen LogP contribution in [0.4, 0.5) is 5.69 Å². The largest absolute Gasteiger partial charge is 0.487 e. The summed E-state index contributed by atoms with van der Waals surface area (Å²) in [5.74, 6) is 0.538. The Labute approximate surface area is 145 Å².